The Morgan fingerprint density at radius 3 is 2.67 bits per heavy atom. The molecule has 1 fully saturated rings. The Kier molecular flexibility index (Phi) is 3.77. The van der Waals surface area contributed by atoms with Crippen molar-refractivity contribution < 1.29 is 4.79 Å². The maximum absolute atomic E-state index is 12.2. The van der Waals surface area contributed by atoms with Crippen LogP contribution in [0, 0.1) is 5.92 Å². The second-order valence-electron chi connectivity index (χ2n) is 5.58. The lowest BCUT2D eigenvalue weighted by Gasteiger charge is -2.38. The van der Waals surface area contributed by atoms with Gasteiger partial charge in [0.15, 0.2) is 0 Å². The molecule has 88 valence electrons. The predicted octanol–water partition coefficient (Wildman–Crippen LogP) is 1.63. The molecule has 1 heterocycles. The molecule has 1 saturated heterocycles. The van der Waals surface area contributed by atoms with Crippen LogP contribution in [0.25, 0.3) is 0 Å². The van der Waals surface area contributed by atoms with E-state index in [-0.39, 0.29) is 17.5 Å². The summed E-state index contributed by atoms with van der Waals surface area (Å²) in [5, 5.41) is 3.26. The third-order valence-corrected chi connectivity index (χ3v) is 3.10. The molecule has 1 aliphatic rings. The lowest BCUT2D eigenvalue weighted by atomic mass is 9.97. The maximum atomic E-state index is 12.2. The summed E-state index contributed by atoms with van der Waals surface area (Å²) in [5.41, 5.74) is -0.0148. The standard InChI is InChI=1S/C12H24N2O/c1-9(2)8-14-11(15)10(3)13-7-6-12(14,4)5/h9-10,13H,6-8H2,1-5H3. The minimum Gasteiger partial charge on any atom is -0.336 e. The van der Waals surface area contributed by atoms with E-state index in [9.17, 15) is 4.79 Å². The summed E-state index contributed by atoms with van der Waals surface area (Å²) >= 11 is 0. The number of nitrogens with zero attached hydrogens (tertiary/aromatic N) is 1. The Bertz CT molecular complexity index is 236. The van der Waals surface area contributed by atoms with Gasteiger partial charge in [0, 0.05) is 12.1 Å². The average molecular weight is 212 g/mol. The van der Waals surface area contributed by atoms with Crippen LogP contribution in [0.5, 0.6) is 0 Å². The molecule has 1 N–H and O–H groups in total. The molecule has 0 aliphatic carbocycles. The van der Waals surface area contributed by atoms with Gasteiger partial charge in [-0.3, -0.25) is 4.79 Å². The van der Waals surface area contributed by atoms with Gasteiger partial charge in [0.1, 0.15) is 0 Å². The third-order valence-electron chi connectivity index (χ3n) is 3.10. The van der Waals surface area contributed by atoms with E-state index in [4.69, 9.17) is 0 Å². The molecule has 0 radical (unpaired) electrons. The number of carbonyl (C=O) groups is 1. The topological polar surface area (TPSA) is 32.3 Å². The first-order valence-electron chi connectivity index (χ1n) is 5.89. The van der Waals surface area contributed by atoms with Gasteiger partial charge in [0.25, 0.3) is 0 Å². The molecule has 3 nitrogen and oxygen atoms in total. The second kappa shape index (κ2) is 4.52. The number of carbonyl (C=O) groups excluding carboxylic acids is 1. The molecule has 1 amide bonds. The third kappa shape index (κ3) is 2.94. The van der Waals surface area contributed by atoms with Crippen LogP contribution in [0.4, 0.5) is 0 Å². The van der Waals surface area contributed by atoms with Crippen molar-refractivity contribution in [1.29, 1.82) is 0 Å². The Labute approximate surface area is 93.2 Å². The molecule has 0 spiro atoms. The van der Waals surface area contributed by atoms with Crippen molar-refractivity contribution in [3.8, 4) is 0 Å². The van der Waals surface area contributed by atoms with Crippen LogP contribution in [0.3, 0.4) is 0 Å². The van der Waals surface area contributed by atoms with Crippen LogP contribution < -0.4 is 5.32 Å². The highest BCUT2D eigenvalue weighted by Crippen LogP contribution is 2.23. The maximum Gasteiger partial charge on any atom is 0.239 e. The van der Waals surface area contributed by atoms with Crippen molar-refractivity contribution in [2.75, 3.05) is 13.1 Å². The summed E-state index contributed by atoms with van der Waals surface area (Å²) in [5.74, 6) is 0.768. The van der Waals surface area contributed by atoms with Crippen LogP contribution in [0.15, 0.2) is 0 Å². The van der Waals surface area contributed by atoms with E-state index in [1.165, 1.54) is 0 Å². The van der Waals surface area contributed by atoms with E-state index in [0.29, 0.717) is 5.92 Å². The Morgan fingerprint density at radius 2 is 2.13 bits per heavy atom. The van der Waals surface area contributed by atoms with Crippen molar-refractivity contribution in [1.82, 2.24) is 10.2 Å². The van der Waals surface area contributed by atoms with E-state index < -0.39 is 0 Å². The van der Waals surface area contributed by atoms with Gasteiger partial charge in [-0.2, -0.15) is 0 Å². The molecule has 0 aromatic heterocycles. The van der Waals surface area contributed by atoms with Crippen LogP contribution in [0.1, 0.15) is 41.0 Å². The number of rotatable bonds is 2. The van der Waals surface area contributed by atoms with Gasteiger partial charge in [0.05, 0.1) is 6.04 Å². The van der Waals surface area contributed by atoms with Gasteiger partial charge in [-0.25, -0.2) is 0 Å². The number of nitrogens with one attached hydrogen (secondary N) is 1. The zero-order chi connectivity index (χ0) is 11.6. The number of hydrogen-bond donors (Lipinski definition) is 1. The Morgan fingerprint density at radius 1 is 1.53 bits per heavy atom. The first-order chi connectivity index (χ1) is 6.84. The van der Waals surface area contributed by atoms with Crippen LogP contribution in [0.2, 0.25) is 0 Å². The average Bonchev–Trinajstić information content (AvgIpc) is 2.18. The quantitative estimate of drug-likeness (QED) is 0.754. The minimum absolute atomic E-state index is 0.0148. The normalized spacial score (nSPS) is 26.9. The smallest absolute Gasteiger partial charge is 0.239 e. The minimum atomic E-state index is -0.0366. The van der Waals surface area contributed by atoms with Gasteiger partial charge in [-0.05, 0) is 39.7 Å². The fourth-order valence-electron chi connectivity index (χ4n) is 2.05. The summed E-state index contributed by atoms with van der Waals surface area (Å²) in [6.07, 6.45) is 1.02. The van der Waals surface area contributed by atoms with E-state index >= 15 is 0 Å². The highest BCUT2D eigenvalue weighted by Gasteiger charge is 2.35. The fraction of sp³-hybridized carbons (Fsp3) is 0.917. The molecule has 1 rings (SSSR count). The fourth-order valence-corrected chi connectivity index (χ4v) is 2.05. The van der Waals surface area contributed by atoms with Crippen LogP contribution >= 0.6 is 0 Å². The van der Waals surface area contributed by atoms with Gasteiger partial charge in [0.2, 0.25) is 5.91 Å². The molecule has 0 saturated carbocycles. The van der Waals surface area contributed by atoms with Crippen molar-refractivity contribution in [2.24, 2.45) is 5.92 Å². The zero-order valence-electron chi connectivity index (χ0n) is 10.6. The van der Waals surface area contributed by atoms with Gasteiger partial charge in [-0.1, -0.05) is 13.8 Å². The molecule has 15 heavy (non-hydrogen) atoms. The number of hydrogen-bond acceptors (Lipinski definition) is 2. The van der Waals surface area contributed by atoms with Crippen molar-refractivity contribution in [3.05, 3.63) is 0 Å². The first-order valence-corrected chi connectivity index (χ1v) is 5.89. The molecule has 0 aromatic carbocycles. The molecule has 1 unspecified atom stereocenters. The second-order valence-corrected chi connectivity index (χ2v) is 5.58. The van der Waals surface area contributed by atoms with Gasteiger partial charge in [-0.15, -0.1) is 0 Å². The Hall–Kier alpha value is -0.570. The number of amides is 1. The van der Waals surface area contributed by atoms with Crippen molar-refractivity contribution in [2.45, 2.75) is 52.6 Å². The van der Waals surface area contributed by atoms with E-state index in [1.54, 1.807) is 0 Å². The van der Waals surface area contributed by atoms with Crippen molar-refractivity contribution in [3.63, 3.8) is 0 Å². The highest BCUT2D eigenvalue weighted by atomic mass is 16.2. The van der Waals surface area contributed by atoms with Gasteiger partial charge < -0.3 is 10.2 Å². The largest absolute Gasteiger partial charge is 0.336 e. The summed E-state index contributed by atoms with van der Waals surface area (Å²) in [6, 6.07) is -0.0366. The van der Waals surface area contributed by atoms with Crippen molar-refractivity contribution >= 4 is 5.91 Å². The highest BCUT2D eigenvalue weighted by molar-refractivity contribution is 5.82. The summed E-state index contributed by atoms with van der Waals surface area (Å²) < 4.78 is 0. The van der Waals surface area contributed by atoms with E-state index in [2.05, 4.69) is 33.0 Å². The molecule has 0 bridgehead atoms. The predicted molar refractivity (Wildman–Crippen MR) is 62.7 cm³/mol. The summed E-state index contributed by atoms with van der Waals surface area (Å²) in [4.78, 5) is 14.2. The molecular weight excluding hydrogens is 188 g/mol. The molecular formula is C12H24N2O. The van der Waals surface area contributed by atoms with Crippen LogP contribution in [-0.4, -0.2) is 35.5 Å². The SMILES string of the molecule is CC(C)CN1C(=O)C(C)NCCC1(C)C. The lowest BCUT2D eigenvalue weighted by Crippen LogP contribution is -2.51. The summed E-state index contributed by atoms with van der Waals surface area (Å²) in [7, 11) is 0. The molecule has 1 aliphatic heterocycles. The lowest BCUT2D eigenvalue weighted by molar-refractivity contribution is -0.137. The monoisotopic (exact) mass is 212 g/mol. The van der Waals surface area contributed by atoms with E-state index in [1.807, 2.05) is 11.8 Å². The zero-order valence-corrected chi connectivity index (χ0v) is 10.6. The van der Waals surface area contributed by atoms with Gasteiger partial charge >= 0.3 is 0 Å². The molecule has 0 aromatic rings. The first kappa shape index (κ1) is 12.5. The molecule has 3 heteroatoms. The van der Waals surface area contributed by atoms with Crippen LogP contribution in [-0.2, 0) is 4.79 Å². The van der Waals surface area contributed by atoms with E-state index in [0.717, 1.165) is 19.5 Å². The molecule has 1 atom stereocenters. The summed E-state index contributed by atoms with van der Waals surface area (Å²) in [6.45, 7) is 12.4. The Balaban J connectivity index is 2.86.